The molecule has 1 heterocycles. The zero-order chi connectivity index (χ0) is 16.6. The molecule has 0 radical (unpaired) electrons. The fourth-order valence-corrected chi connectivity index (χ4v) is 2.61. The van der Waals surface area contributed by atoms with Crippen LogP contribution in [0.5, 0.6) is 5.75 Å². The molecule has 6 heteroatoms. The number of ether oxygens (including phenoxy) is 1. The Labute approximate surface area is 136 Å². The topological polar surface area (TPSA) is 46.6 Å². The maximum absolute atomic E-state index is 13.0. The van der Waals surface area contributed by atoms with Crippen molar-refractivity contribution in [2.75, 3.05) is 12.0 Å². The second-order valence-electron chi connectivity index (χ2n) is 4.84. The van der Waals surface area contributed by atoms with Gasteiger partial charge in [0.1, 0.15) is 16.6 Å². The van der Waals surface area contributed by atoms with Crippen LogP contribution in [0.4, 0.5) is 10.1 Å². The number of benzene rings is 2. The molecule has 0 atom stereocenters. The molecule has 2 amide bonds. The minimum absolute atomic E-state index is 0.114. The average Bonchev–Trinajstić information content (AvgIpc) is 2.78. The highest BCUT2D eigenvalue weighted by Crippen LogP contribution is 2.35. The van der Waals surface area contributed by atoms with E-state index in [1.54, 1.807) is 24.3 Å². The van der Waals surface area contributed by atoms with E-state index in [2.05, 4.69) is 0 Å². The van der Waals surface area contributed by atoms with E-state index < -0.39 is 17.6 Å². The third kappa shape index (κ3) is 2.59. The lowest BCUT2D eigenvalue weighted by atomic mass is 10.1. The molecular formula is C17H11ClFNO3. The van der Waals surface area contributed by atoms with Crippen molar-refractivity contribution >= 4 is 34.7 Å². The quantitative estimate of drug-likeness (QED) is 0.810. The summed E-state index contributed by atoms with van der Waals surface area (Å²) < 4.78 is 18.1. The highest BCUT2D eigenvalue weighted by Gasteiger charge is 2.39. The molecule has 0 saturated carbocycles. The second-order valence-corrected chi connectivity index (χ2v) is 5.22. The number of methoxy groups -OCH3 is 1. The van der Waals surface area contributed by atoms with Crippen molar-refractivity contribution in [3.8, 4) is 5.75 Å². The van der Waals surface area contributed by atoms with Crippen molar-refractivity contribution < 1.29 is 18.7 Å². The Balaban J connectivity index is 2.00. The van der Waals surface area contributed by atoms with Crippen LogP contribution in [0.3, 0.4) is 0 Å². The largest absolute Gasteiger partial charge is 0.497 e. The van der Waals surface area contributed by atoms with Crippen LogP contribution >= 0.6 is 11.6 Å². The Hall–Kier alpha value is -2.66. The van der Waals surface area contributed by atoms with Gasteiger partial charge in [0, 0.05) is 0 Å². The molecule has 0 N–H and O–H groups in total. The molecular weight excluding hydrogens is 321 g/mol. The van der Waals surface area contributed by atoms with E-state index in [4.69, 9.17) is 16.3 Å². The molecule has 0 saturated heterocycles. The molecule has 2 aromatic carbocycles. The first kappa shape index (κ1) is 15.2. The van der Waals surface area contributed by atoms with E-state index in [0.717, 1.165) is 4.90 Å². The molecule has 0 unspecified atom stereocenters. The molecule has 2 aromatic rings. The van der Waals surface area contributed by atoms with Gasteiger partial charge in [0.2, 0.25) is 0 Å². The van der Waals surface area contributed by atoms with Crippen molar-refractivity contribution in [1.29, 1.82) is 0 Å². The van der Waals surface area contributed by atoms with Crippen LogP contribution in [0, 0.1) is 5.82 Å². The summed E-state index contributed by atoms with van der Waals surface area (Å²) in [6.45, 7) is 0. The average molecular weight is 332 g/mol. The van der Waals surface area contributed by atoms with Crippen molar-refractivity contribution in [3.63, 3.8) is 0 Å². The Morgan fingerprint density at radius 3 is 2.13 bits per heavy atom. The molecule has 4 nitrogen and oxygen atoms in total. The highest BCUT2D eigenvalue weighted by atomic mass is 35.5. The summed E-state index contributed by atoms with van der Waals surface area (Å²) in [4.78, 5) is 25.8. The first-order valence-electron chi connectivity index (χ1n) is 6.71. The predicted molar refractivity (Wildman–Crippen MR) is 84.7 cm³/mol. The standard InChI is InChI=1S/C17H11ClFNO3/c1-23-13-8-2-10(3-9-13)14-15(18)17(22)20(16(14)21)12-6-4-11(19)5-7-12/h2-9H,1H3. The molecule has 0 aromatic heterocycles. The van der Waals surface area contributed by atoms with Crippen LogP contribution in [0.1, 0.15) is 5.56 Å². The second kappa shape index (κ2) is 5.85. The molecule has 1 aliphatic heterocycles. The van der Waals surface area contributed by atoms with Gasteiger partial charge in [-0.05, 0) is 42.0 Å². The highest BCUT2D eigenvalue weighted by molar-refractivity contribution is 6.60. The summed E-state index contributed by atoms with van der Waals surface area (Å²) in [5, 5.41) is -0.163. The number of amides is 2. The Morgan fingerprint density at radius 2 is 1.57 bits per heavy atom. The predicted octanol–water partition coefficient (Wildman–Crippen LogP) is 3.36. The zero-order valence-electron chi connectivity index (χ0n) is 12.0. The zero-order valence-corrected chi connectivity index (χ0v) is 12.8. The van der Waals surface area contributed by atoms with Gasteiger partial charge in [0.15, 0.2) is 0 Å². The number of hydrogen-bond donors (Lipinski definition) is 0. The minimum Gasteiger partial charge on any atom is -0.497 e. The third-order valence-corrected chi connectivity index (χ3v) is 3.84. The van der Waals surface area contributed by atoms with Crippen LogP contribution in [-0.2, 0) is 9.59 Å². The van der Waals surface area contributed by atoms with E-state index in [9.17, 15) is 14.0 Å². The summed E-state index contributed by atoms with van der Waals surface area (Å²) in [5.41, 5.74) is 0.894. The summed E-state index contributed by atoms with van der Waals surface area (Å²) in [7, 11) is 1.53. The summed E-state index contributed by atoms with van der Waals surface area (Å²) in [5.74, 6) is -1.01. The van der Waals surface area contributed by atoms with Gasteiger partial charge in [0.05, 0.1) is 18.4 Å². The number of rotatable bonds is 3. The van der Waals surface area contributed by atoms with Gasteiger partial charge >= 0.3 is 0 Å². The lowest BCUT2D eigenvalue weighted by Crippen LogP contribution is -2.31. The Bertz CT molecular complexity index is 813. The number of nitrogens with zero attached hydrogens (tertiary/aromatic N) is 1. The fraction of sp³-hybridized carbons (Fsp3) is 0.0588. The monoisotopic (exact) mass is 331 g/mol. The van der Waals surface area contributed by atoms with Gasteiger partial charge < -0.3 is 4.74 Å². The van der Waals surface area contributed by atoms with Gasteiger partial charge in [-0.15, -0.1) is 0 Å². The van der Waals surface area contributed by atoms with Gasteiger partial charge in [-0.25, -0.2) is 9.29 Å². The molecule has 0 spiro atoms. The maximum Gasteiger partial charge on any atom is 0.277 e. The number of imide groups is 1. The molecule has 0 aliphatic carbocycles. The van der Waals surface area contributed by atoms with Crippen molar-refractivity contribution in [2.24, 2.45) is 0 Å². The van der Waals surface area contributed by atoms with Crippen molar-refractivity contribution in [2.45, 2.75) is 0 Å². The number of carbonyl (C=O) groups is 2. The minimum atomic E-state index is -0.630. The molecule has 23 heavy (non-hydrogen) atoms. The van der Waals surface area contributed by atoms with Crippen LogP contribution in [0.25, 0.3) is 5.57 Å². The van der Waals surface area contributed by atoms with Crippen LogP contribution in [0.15, 0.2) is 53.6 Å². The lowest BCUT2D eigenvalue weighted by molar-refractivity contribution is -0.119. The first-order chi connectivity index (χ1) is 11.0. The van der Waals surface area contributed by atoms with Crippen molar-refractivity contribution in [3.05, 3.63) is 64.9 Å². The number of anilines is 1. The van der Waals surface area contributed by atoms with E-state index in [1.807, 2.05) is 0 Å². The Morgan fingerprint density at radius 1 is 0.957 bits per heavy atom. The van der Waals surface area contributed by atoms with Crippen LogP contribution in [0.2, 0.25) is 0 Å². The number of hydrogen-bond acceptors (Lipinski definition) is 3. The Kier molecular flexibility index (Phi) is 3.88. The SMILES string of the molecule is COc1ccc(C2=C(Cl)C(=O)N(c3ccc(F)cc3)C2=O)cc1. The summed E-state index contributed by atoms with van der Waals surface area (Å²) in [6, 6.07) is 11.7. The van der Waals surface area contributed by atoms with E-state index in [-0.39, 0.29) is 16.3 Å². The van der Waals surface area contributed by atoms with Crippen molar-refractivity contribution in [1.82, 2.24) is 0 Å². The maximum atomic E-state index is 13.0. The smallest absolute Gasteiger partial charge is 0.277 e. The van der Waals surface area contributed by atoms with E-state index in [0.29, 0.717) is 11.3 Å². The number of halogens is 2. The van der Waals surface area contributed by atoms with E-state index >= 15 is 0 Å². The molecule has 1 aliphatic rings. The number of carbonyl (C=O) groups excluding carboxylic acids is 2. The normalized spacial score (nSPS) is 14.7. The molecule has 116 valence electrons. The van der Waals surface area contributed by atoms with E-state index in [1.165, 1.54) is 31.4 Å². The van der Waals surface area contributed by atoms with Gasteiger partial charge in [-0.2, -0.15) is 0 Å². The lowest BCUT2D eigenvalue weighted by Gasteiger charge is -2.14. The molecule has 0 fully saturated rings. The molecule has 3 rings (SSSR count). The van der Waals surface area contributed by atoms with Crippen LogP contribution < -0.4 is 9.64 Å². The summed E-state index contributed by atoms with van der Waals surface area (Å²) >= 11 is 6.07. The van der Waals surface area contributed by atoms with Gasteiger partial charge in [-0.1, -0.05) is 23.7 Å². The first-order valence-corrected chi connectivity index (χ1v) is 7.09. The molecule has 0 bridgehead atoms. The van der Waals surface area contributed by atoms with Gasteiger partial charge in [0.25, 0.3) is 11.8 Å². The summed E-state index contributed by atoms with van der Waals surface area (Å²) in [6.07, 6.45) is 0. The van der Waals surface area contributed by atoms with Crippen LogP contribution in [-0.4, -0.2) is 18.9 Å². The van der Waals surface area contributed by atoms with Gasteiger partial charge in [-0.3, -0.25) is 9.59 Å². The fourth-order valence-electron chi connectivity index (χ4n) is 2.34. The third-order valence-electron chi connectivity index (χ3n) is 3.49.